The van der Waals surface area contributed by atoms with E-state index in [2.05, 4.69) is 13.8 Å². The van der Waals surface area contributed by atoms with Crippen molar-refractivity contribution in [1.29, 1.82) is 0 Å². The maximum atomic E-state index is 12.8. The van der Waals surface area contributed by atoms with Gasteiger partial charge in [-0.25, -0.2) is 0 Å². The summed E-state index contributed by atoms with van der Waals surface area (Å²) in [5.41, 5.74) is -0.327. The lowest BCUT2D eigenvalue weighted by molar-refractivity contribution is -0.176. The molecule has 144 valence electrons. The Balaban J connectivity index is 1.97. The minimum atomic E-state index is -0.837. The van der Waals surface area contributed by atoms with E-state index in [-0.39, 0.29) is 11.6 Å². The van der Waals surface area contributed by atoms with Gasteiger partial charge in [-0.3, -0.25) is 9.59 Å². The van der Waals surface area contributed by atoms with Crippen LogP contribution in [0.25, 0.3) is 0 Å². The van der Waals surface area contributed by atoms with Crippen LogP contribution in [0.3, 0.4) is 0 Å². The van der Waals surface area contributed by atoms with Crippen molar-refractivity contribution in [2.24, 2.45) is 17.8 Å². The number of hydrogen-bond acceptors (Lipinski definition) is 3. The molecule has 2 aliphatic rings. The normalized spacial score (nSPS) is 26.4. The number of esters is 1. The third-order valence-electron chi connectivity index (χ3n) is 6.13. The highest BCUT2D eigenvalue weighted by molar-refractivity contribution is 5.81. The highest BCUT2D eigenvalue weighted by atomic mass is 16.6. The van der Waals surface area contributed by atoms with E-state index < -0.39 is 17.8 Å². The number of hydrogen-bond donors (Lipinski definition) is 1. The molecule has 0 saturated heterocycles. The summed E-state index contributed by atoms with van der Waals surface area (Å²) in [5, 5.41) is 9.45. The minimum Gasteiger partial charge on any atom is -0.481 e. The molecule has 0 bridgehead atoms. The molecule has 2 unspecified atom stereocenters. The van der Waals surface area contributed by atoms with Crippen molar-refractivity contribution in [2.75, 3.05) is 0 Å². The van der Waals surface area contributed by atoms with Gasteiger partial charge in [0.25, 0.3) is 0 Å². The van der Waals surface area contributed by atoms with Crippen molar-refractivity contribution in [3.63, 3.8) is 0 Å². The molecule has 0 aromatic heterocycles. The lowest BCUT2D eigenvalue weighted by Gasteiger charge is -2.39. The first-order valence-electron chi connectivity index (χ1n) is 10.4. The van der Waals surface area contributed by atoms with Crippen molar-refractivity contribution in [3.8, 4) is 0 Å². The molecule has 4 nitrogen and oxygen atoms in total. The molecule has 2 saturated carbocycles. The molecule has 0 aromatic rings. The maximum absolute atomic E-state index is 12.8. The van der Waals surface area contributed by atoms with Gasteiger partial charge in [0, 0.05) is 0 Å². The molecule has 0 amide bonds. The fraction of sp³-hybridized carbons (Fsp3) is 0.905. The van der Waals surface area contributed by atoms with E-state index >= 15 is 0 Å². The van der Waals surface area contributed by atoms with Gasteiger partial charge in [0.1, 0.15) is 5.60 Å². The smallest absolute Gasteiger partial charge is 0.310 e. The molecule has 0 radical (unpaired) electrons. The Kier molecular flexibility index (Phi) is 7.77. The summed E-state index contributed by atoms with van der Waals surface area (Å²) in [5.74, 6) is -1.36. The molecule has 2 fully saturated rings. The fourth-order valence-corrected chi connectivity index (χ4v) is 4.60. The van der Waals surface area contributed by atoms with E-state index in [1.54, 1.807) is 0 Å². The van der Waals surface area contributed by atoms with Gasteiger partial charge in [-0.15, -0.1) is 0 Å². The van der Waals surface area contributed by atoms with E-state index in [1.807, 2.05) is 0 Å². The lowest BCUT2D eigenvalue weighted by atomic mass is 9.78. The third kappa shape index (κ3) is 6.00. The van der Waals surface area contributed by atoms with Crippen molar-refractivity contribution < 1.29 is 19.4 Å². The van der Waals surface area contributed by atoms with E-state index in [1.165, 1.54) is 19.3 Å². The monoisotopic (exact) mass is 352 g/mol. The van der Waals surface area contributed by atoms with Crippen LogP contribution in [0, 0.1) is 17.8 Å². The number of ether oxygens (including phenoxy) is 1. The van der Waals surface area contributed by atoms with Crippen molar-refractivity contribution in [3.05, 3.63) is 0 Å². The zero-order valence-corrected chi connectivity index (χ0v) is 16.1. The number of rotatable bonds is 8. The predicted octanol–water partition coefficient (Wildman–Crippen LogP) is 5.34. The first-order valence-corrected chi connectivity index (χ1v) is 10.4. The van der Waals surface area contributed by atoms with E-state index in [4.69, 9.17) is 4.74 Å². The van der Waals surface area contributed by atoms with Crippen LogP contribution < -0.4 is 0 Å². The molecule has 0 spiro atoms. The lowest BCUT2D eigenvalue weighted by Crippen LogP contribution is -2.42. The zero-order valence-electron chi connectivity index (χ0n) is 16.1. The summed E-state index contributed by atoms with van der Waals surface area (Å²) in [4.78, 5) is 24.3. The third-order valence-corrected chi connectivity index (χ3v) is 6.13. The summed E-state index contributed by atoms with van der Waals surface area (Å²) in [6.07, 6.45) is 12.9. The number of carbonyl (C=O) groups excluding carboxylic acids is 1. The minimum absolute atomic E-state index is 0.238. The highest BCUT2D eigenvalue weighted by Gasteiger charge is 2.42. The molecule has 2 atom stereocenters. The first-order chi connectivity index (χ1) is 11.9. The first kappa shape index (κ1) is 20.3. The zero-order chi connectivity index (χ0) is 18.3. The standard InChI is InChI=1S/C21H36O4/c1-16(2)10-6-9-15-21(13-7-3-8-14-21)25-20(24)18-12-5-4-11-17(18)19(22)23/h16-18H,3-15H2,1-2H3,(H,22,23). The van der Waals surface area contributed by atoms with E-state index in [0.717, 1.165) is 51.4 Å². The molecule has 2 aliphatic carbocycles. The van der Waals surface area contributed by atoms with Gasteiger partial charge in [-0.2, -0.15) is 0 Å². The summed E-state index contributed by atoms with van der Waals surface area (Å²) in [6, 6.07) is 0. The average molecular weight is 353 g/mol. The Morgan fingerprint density at radius 1 is 1.00 bits per heavy atom. The van der Waals surface area contributed by atoms with Gasteiger partial charge in [0.15, 0.2) is 0 Å². The summed E-state index contributed by atoms with van der Waals surface area (Å²) in [6.45, 7) is 4.48. The van der Waals surface area contributed by atoms with Crippen molar-refractivity contribution in [1.82, 2.24) is 0 Å². The van der Waals surface area contributed by atoms with Crippen LogP contribution in [0.15, 0.2) is 0 Å². The van der Waals surface area contributed by atoms with Gasteiger partial charge in [0.2, 0.25) is 0 Å². The predicted molar refractivity (Wildman–Crippen MR) is 98.3 cm³/mol. The van der Waals surface area contributed by atoms with Crippen LogP contribution in [0.2, 0.25) is 0 Å². The summed E-state index contributed by atoms with van der Waals surface area (Å²) < 4.78 is 6.10. The number of carbonyl (C=O) groups is 2. The van der Waals surface area contributed by atoms with Crippen LogP contribution in [-0.2, 0) is 14.3 Å². The van der Waals surface area contributed by atoms with E-state index in [9.17, 15) is 14.7 Å². The van der Waals surface area contributed by atoms with Gasteiger partial charge in [-0.1, -0.05) is 46.0 Å². The number of carboxylic acids is 1. The molecular formula is C21H36O4. The fourth-order valence-electron chi connectivity index (χ4n) is 4.60. The molecular weight excluding hydrogens is 316 g/mol. The topological polar surface area (TPSA) is 63.6 Å². The molecule has 0 aromatic carbocycles. The Labute approximate surface area is 152 Å². The van der Waals surface area contributed by atoms with Crippen LogP contribution in [0.5, 0.6) is 0 Å². The Morgan fingerprint density at radius 3 is 2.24 bits per heavy atom. The molecule has 25 heavy (non-hydrogen) atoms. The largest absolute Gasteiger partial charge is 0.481 e. The van der Waals surface area contributed by atoms with Gasteiger partial charge < -0.3 is 9.84 Å². The molecule has 1 N–H and O–H groups in total. The molecule has 0 heterocycles. The highest BCUT2D eigenvalue weighted by Crippen LogP contribution is 2.39. The summed E-state index contributed by atoms with van der Waals surface area (Å²) in [7, 11) is 0. The van der Waals surface area contributed by atoms with Gasteiger partial charge >= 0.3 is 11.9 Å². The number of aliphatic carboxylic acids is 1. The summed E-state index contributed by atoms with van der Waals surface area (Å²) >= 11 is 0. The molecule has 4 heteroatoms. The van der Waals surface area contributed by atoms with E-state index in [0.29, 0.717) is 18.8 Å². The SMILES string of the molecule is CC(C)CCCCC1(OC(=O)C2CCCCC2C(=O)O)CCCCC1. The maximum Gasteiger partial charge on any atom is 0.310 e. The second kappa shape index (κ2) is 9.59. The van der Waals surface area contributed by atoms with Crippen LogP contribution in [-0.4, -0.2) is 22.6 Å². The van der Waals surface area contributed by atoms with Crippen LogP contribution >= 0.6 is 0 Å². The second-order valence-corrected chi connectivity index (χ2v) is 8.64. The Morgan fingerprint density at radius 2 is 1.64 bits per heavy atom. The average Bonchev–Trinajstić information content (AvgIpc) is 2.59. The quantitative estimate of drug-likeness (QED) is 0.473. The van der Waals surface area contributed by atoms with Crippen LogP contribution in [0.1, 0.15) is 97.3 Å². The van der Waals surface area contributed by atoms with Crippen molar-refractivity contribution in [2.45, 2.75) is 103 Å². The van der Waals surface area contributed by atoms with Crippen LogP contribution in [0.4, 0.5) is 0 Å². The Bertz CT molecular complexity index is 437. The molecule has 0 aliphatic heterocycles. The van der Waals surface area contributed by atoms with Crippen molar-refractivity contribution >= 4 is 11.9 Å². The second-order valence-electron chi connectivity index (χ2n) is 8.64. The number of unbranched alkanes of at least 4 members (excludes halogenated alkanes) is 1. The van der Waals surface area contributed by atoms with Gasteiger partial charge in [-0.05, 0) is 57.3 Å². The van der Waals surface area contributed by atoms with Gasteiger partial charge in [0.05, 0.1) is 11.8 Å². The number of carboxylic acid groups (broad SMARTS) is 1. The Hall–Kier alpha value is -1.06. The molecule has 2 rings (SSSR count).